The first-order valence-electron chi connectivity index (χ1n) is 5.16. The van der Waals surface area contributed by atoms with Gasteiger partial charge in [-0.15, -0.1) is 11.8 Å². The van der Waals surface area contributed by atoms with Crippen molar-refractivity contribution in [2.24, 2.45) is 10.7 Å². The lowest BCUT2D eigenvalue weighted by molar-refractivity contribution is 0.617. The maximum atomic E-state index is 13.6. The monoisotopic (exact) mass is 416 g/mol. The number of benzene rings is 1. The highest BCUT2D eigenvalue weighted by atomic mass is 127. The maximum absolute atomic E-state index is 13.6. The van der Waals surface area contributed by atoms with E-state index in [0.29, 0.717) is 21.5 Å². The quantitative estimate of drug-likeness (QED) is 0.601. The largest absolute Gasteiger partial charge is 0.378 e. The molecule has 2 nitrogen and oxygen atoms in total. The summed E-state index contributed by atoms with van der Waals surface area (Å²) in [6.07, 6.45) is 0. The van der Waals surface area contributed by atoms with E-state index in [1.807, 2.05) is 0 Å². The van der Waals surface area contributed by atoms with Crippen molar-refractivity contribution in [3.8, 4) is 0 Å². The summed E-state index contributed by atoms with van der Waals surface area (Å²) in [5.41, 5.74) is 6.32. The molecule has 98 valence electrons. The fraction of sp³-hybridized carbons (Fsp3) is 0.273. The van der Waals surface area contributed by atoms with Crippen LogP contribution in [0.3, 0.4) is 0 Å². The summed E-state index contributed by atoms with van der Waals surface area (Å²) in [5, 5.41) is 1.11. The normalized spacial score (nSPS) is 16.3. The second kappa shape index (κ2) is 7.12. The number of nitrogens with two attached hydrogens (primary N) is 1. The molecule has 1 aliphatic heterocycles. The van der Waals surface area contributed by atoms with Gasteiger partial charge in [-0.25, -0.2) is 4.39 Å². The molecule has 1 heterocycles. The van der Waals surface area contributed by atoms with Gasteiger partial charge in [0.05, 0.1) is 8.72 Å². The van der Waals surface area contributed by atoms with Crippen molar-refractivity contribution in [1.29, 1.82) is 0 Å². The minimum Gasteiger partial charge on any atom is -0.378 e. The van der Waals surface area contributed by atoms with Gasteiger partial charge in [0, 0.05) is 20.8 Å². The average molecular weight is 417 g/mol. The highest BCUT2D eigenvalue weighted by molar-refractivity contribution is 14.2. The Morgan fingerprint density at radius 3 is 3.17 bits per heavy atom. The molecule has 0 radical (unpaired) electrons. The van der Waals surface area contributed by atoms with Crippen LogP contribution in [0.25, 0.3) is 0 Å². The third-order valence-electron chi connectivity index (χ3n) is 2.13. The first-order chi connectivity index (χ1) is 8.66. The molecule has 1 aliphatic rings. The number of rotatable bonds is 3. The molecule has 0 saturated carbocycles. The number of alkyl halides is 1. The molecule has 1 aromatic carbocycles. The zero-order chi connectivity index (χ0) is 13.0. The molecule has 7 heteroatoms. The molecule has 0 atom stereocenters. The number of nitrogens with zero attached hydrogens (tertiary/aromatic N) is 1. The Bertz CT molecular complexity index is 488. The average Bonchev–Trinajstić information content (AvgIpc) is 2.53. The van der Waals surface area contributed by atoms with Crippen molar-refractivity contribution in [3.63, 3.8) is 0 Å². The van der Waals surface area contributed by atoms with Crippen molar-refractivity contribution in [2.45, 2.75) is 5.75 Å². The standard InChI is InChI=1S/C11H11ClFIN2S2/c12-8-2-1-3-9(13)7(8)6-17-10-14-4-5-16-11(15)18-10/h1-3H,4-6H2,(H2,15,16). The van der Waals surface area contributed by atoms with Gasteiger partial charge < -0.3 is 5.73 Å². The first-order valence-corrected chi connectivity index (χ1v) is 9.95. The summed E-state index contributed by atoms with van der Waals surface area (Å²) in [4.78, 5) is 4.21. The van der Waals surface area contributed by atoms with Crippen LogP contribution >= 0.6 is 55.9 Å². The van der Waals surface area contributed by atoms with Crippen molar-refractivity contribution in [1.82, 2.24) is 0 Å². The summed E-state index contributed by atoms with van der Waals surface area (Å²) in [6, 6.07) is 4.78. The van der Waals surface area contributed by atoms with Gasteiger partial charge in [-0.05, 0) is 23.9 Å². The molecular weight excluding hydrogens is 406 g/mol. The Hall–Kier alpha value is 0.210. The molecule has 0 bridgehead atoms. The van der Waals surface area contributed by atoms with Gasteiger partial charge in [0.1, 0.15) is 5.82 Å². The fourth-order valence-electron chi connectivity index (χ4n) is 1.28. The van der Waals surface area contributed by atoms with E-state index in [-0.39, 0.29) is 26.5 Å². The Labute approximate surface area is 129 Å². The third kappa shape index (κ3) is 4.11. The first kappa shape index (κ1) is 14.6. The Morgan fingerprint density at radius 1 is 1.56 bits per heavy atom. The molecule has 0 unspecified atom stereocenters. The van der Waals surface area contributed by atoms with Gasteiger partial charge in [-0.1, -0.05) is 38.4 Å². The van der Waals surface area contributed by atoms with Crippen LogP contribution in [0.4, 0.5) is 4.39 Å². The summed E-state index contributed by atoms with van der Waals surface area (Å²) >= 11 is 9.13. The van der Waals surface area contributed by atoms with E-state index in [1.165, 1.54) is 20.0 Å². The molecule has 0 amide bonds. The lowest BCUT2D eigenvalue weighted by Gasteiger charge is -2.07. The van der Waals surface area contributed by atoms with Gasteiger partial charge >= 0.3 is 0 Å². The second-order valence-electron chi connectivity index (χ2n) is 3.37. The Balaban J connectivity index is 2.03. The van der Waals surface area contributed by atoms with E-state index in [9.17, 15) is 4.39 Å². The van der Waals surface area contributed by atoms with Gasteiger partial charge in [0.2, 0.25) is 0 Å². The van der Waals surface area contributed by atoms with E-state index in [1.54, 1.807) is 23.9 Å². The topological polar surface area (TPSA) is 38.4 Å². The van der Waals surface area contributed by atoms with Crippen LogP contribution in [0.5, 0.6) is 0 Å². The van der Waals surface area contributed by atoms with Crippen LogP contribution in [0, 0.1) is 5.82 Å². The number of halogens is 3. The fourth-order valence-corrected chi connectivity index (χ4v) is 7.49. The van der Waals surface area contributed by atoms with Gasteiger partial charge in [-0.2, -0.15) is 0 Å². The molecule has 2 N–H and O–H groups in total. The van der Waals surface area contributed by atoms with Gasteiger partial charge in [0.15, 0.2) is 5.17 Å². The zero-order valence-corrected chi connectivity index (χ0v) is 13.9. The predicted octanol–water partition coefficient (Wildman–Crippen LogP) is 3.83. The SMILES string of the molecule is NC1=NCCI=C(SCc2c(F)cccc2Cl)S1. The number of amidine groups is 1. The smallest absolute Gasteiger partial charge is 0.159 e. The zero-order valence-electron chi connectivity index (χ0n) is 9.33. The van der Waals surface area contributed by atoms with E-state index < -0.39 is 0 Å². The molecule has 0 fully saturated rings. The van der Waals surface area contributed by atoms with E-state index in [2.05, 4.69) is 4.99 Å². The summed E-state index contributed by atoms with van der Waals surface area (Å²) in [5.74, 6) is 0.315. The Kier molecular flexibility index (Phi) is 5.78. The molecule has 2 rings (SSSR count). The number of hydrogen-bond donors (Lipinski definition) is 1. The lowest BCUT2D eigenvalue weighted by atomic mass is 10.2. The second-order valence-corrected chi connectivity index (χ2v) is 10.4. The maximum Gasteiger partial charge on any atom is 0.159 e. The van der Waals surface area contributed by atoms with Crippen LogP contribution < -0.4 is 5.73 Å². The highest BCUT2D eigenvalue weighted by Gasteiger charge is 2.11. The molecule has 0 saturated heterocycles. The minimum absolute atomic E-state index is 0.0416. The van der Waals surface area contributed by atoms with Crippen LogP contribution in [0.2, 0.25) is 5.02 Å². The van der Waals surface area contributed by atoms with Crippen molar-refractivity contribution < 1.29 is 4.39 Å². The molecule has 0 aliphatic carbocycles. The Morgan fingerprint density at radius 2 is 2.39 bits per heavy atom. The van der Waals surface area contributed by atoms with Crippen molar-refractivity contribution in [3.05, 3.63) is 34.6 Å². The molecule has 0 aromatic heterocycles. The van der Waals surface area contributed by atoms with E-state index in [4.69, 9.17) is 17.3 Å². The molecule has 0 spiro atoms. The predicted molar refractivity (Wildman–Crippen MR) is 90.7 cm³/mol. The molecule has 18 heavy (non-hydrogen) atoms. The molecular formula is C11H11ClFIN2S2. The number of aliphatic imine (C=N–C) groups is 1. The minimum atomic E-state index is -0.242. The highest BCUT2D eigenvalue weighted by Crippen LogP contribution is 2.31. The van der Waals surface area contributed by atoms with Crippen LogP contribution in [-0.4, -0.2) is 18.3 Å². The van der Waals surface area contributed by atoms with Gasteiger partial charge in [0.25, 0.3) is 0 Å². The van der Waals surface area contributed by atoms with Crippen molar-refractivity contribution >= 4 is 63.2 Å². The van der Waals surface area contributed by atoms with E-state index in [0.717, 1.165) is 11.0 Å². The summed E-state index contributed by atoms with van der Waals surface area (Å²) < 4.78 is 16.0. The summed E-state index contributed by atoms with van der Waals surface area (Å²) in [7, 11) is 0. The number of thioether (sulfide) groups is 2. The lowest BCUT2D eigenvalue weighted by Crippen LogP contribution is -2.08. The van der Waals surface area contributed by atoms with Crippen LogP contribution in [-0.2, 0) is 5.75 Å². The van der Waals surface area contributed by atoms with E-state index >= 15 is 0 Å². The van der Waals surface area contributed by atoms with Crippen LogP contribution in [0.1, 0.15) is 5.56 Å². The van der Waals surface area contributed by atoms with Gasteiger partial charge in [-0.3, -0.25) is 4.99 Å². The number of hydrogen-bond acceptors (Lipinski definition) is 4. The van der Waals surface area contributed by atoms with Crippen molar-refractivity contribution in [2.75, 3.05) is 11.0 Å². The molecule has 1 aromatic rings. The third-order valence-corrected chi connectivity index (χ3v) is 8.95. The van der Waals surface area contributed by atoms with Crippen LogP contribution in [0.15, 0.2) is 23.2 Å². The summed E-state index contributed by atoms with van der Waals surface area (Å²) in [6.45, 7) is 0.816.